The highest BCUT2D eigenvalue weighted by molar-refractivity contribution is 7.15. The summed E-state index contributed by atoms with van der Waals surface area (Å²) in [5.74, 6) is 0.437. The van der Waals surface area contributed by atoms with E-state index in [1.165, 1.54) is 11.3 Å². The van der Waals surface area contributed by atoms with Gasteiger partial charge in [-0.2, -0.15) is 0 Å². The van der Waals surface area contributed by atoms with Crippen molar-refractivity contribution in [1.82, 2.24) is 4.98 Å². The Hall–Kier alpha value is -3.45. The van der Waals surface area contributed by atoms with E-state index in [1.807, 2.05) is 64.1 Å². The van der Waals surface area contributed by atoms with Gasteiger partial charge < -0.3 is 9.15 Å². The second kappa shape index (κ2) is 8.96. The molecular formula is C28H28N2O4S. The van der Waals surface area contributed by atoms with Crippen molar-refractivity contribution in [3.63, 3.8) is 0 Å². The van der Waals surface area contributed by atoms with Crippen LogP contribution in [0.3, 0.4) is 0 Å². The number of thiazole rings is 1. The number of aryl methyl sites for hydroxylation is 4. The second-order valence-corrected chi connectivity index (χ2v) is 10.3. The van der Waals surface area contributed by atoms with E-state index in [9.17, 15) is 9.59 Å². The van der Waals surface area contributed by atoms with E-state index >= 15 is 0 Å². The maximum absolute atomic E-state index is 13.9. The van der Waals surface area contributed by atoms with Crippen LogP contribution in [-0.4, -0.2) is 17.5 Å². The summed E-state index contributed by atoms with van der Waals surface area (Å²) in [5.41, 5.74) is 4.23. The highest BCUT2D eigenvalue weighted by Crippen LogP contribution is 2.43. The fourth-order valence-electron chi connectivity index (χ4n) is 4.41. The SMILES string of the molecule is CCCCOc1cccc(C2c3c(oc4cc(C)c(C)cc4c3=O)C(=O)N2c2nc(C)c(C)s2)c1. The third kappa shape index (κ3) is 3.93. The van der Waals surface area contributed by atoms with Crippen molar-refractivity contribution < 1.29 is 13.9 Å². The molecule has 1 aliphatic rings. The number of ether oxygens (including phenoxy) is 1. The van der Waals surface area contributed by atoms with Gasteiger partial charge in [0.05, 0.1) is 29.3 Å². The van der Waals surface area contributed by atoms with Gasteiger partial charge in [-0.15, -0.1) is 11.3 Å². The zero-order chi connectivity index (χ0) is 24.9. The minimum absolute atomic E-state index is 0.0820. The van der Waals surface area contributed by atoms with E-state index < -0.39 is 6.04 Å². The number of amides is 1. The summed E-state index contributed by atoms with van der Waals surface area (Å²) in [6, 6.07) is 10.6. The minimum Gasteiger partial charge on any atom is -0.494 e. The number of unbranched alkanes of at least 4 members (excludes halogenated alkanes) is 1. The molecule has 4 aromatic rings. The van der Waals surface area contributed by atoms with Crippen LogP contribution in [-0.2, 0) is 0 Å². The molecule has 0 bridgehead atoms. The third-order valence-corrected chi connectivity index (χ3v) is 7.72. The fraction of sp³-hybridized carbons (Fsp3) is 0.321. The van der Waals surface area contributed by atoms with Gasteiger partial charge in [0.15, 0.2) is 10.6 Å². The molecule has 0 radical (unpaired) electrons. The van der Waals surface area contributed by atoms with Gasteiger partial charge in [0.25, 0.3) is 5.91 Å². The number of carbonyl (C=O) groups is 1. The Morgan fingerprint density at radius 2 is 1.86 bits per heavy atom. The first-order valence-corrected chi connectivity index (χ1v) is 12.7. The summed E-state index contributed by atoms with van der Waals surface area (Å²) in [6.07, 6.45) is 1.99. The van der Waals surface area contributed by atoms with Crippen LogP contribution in [0.1, 0.15) is 69.2 Å². The van der Waals surface area contributed by atoms with Gasteiger partial charge >= 0.3 is 0 Å². The standard InChI is InChI=1S/C28H28N2O4S/c1-6-7-11-33-20-10-8-9-19(14-20)24-23-25(31)21-12-15(2)16(3)13-22(21)34-26(23)27(32)30(24)28-29-17(4)18(5)35-28/h8-10,12-14,24H,6-7,11H2,1-5H3. The van der Waals surface area contributed by atoms with Gasteiger partial charge in [-0.25, -0.2) is 4.98 Å². The molecule has 1 amide bonds. The van der Waals surface area contributed by atoms with Gasteiger partial charge in [0, 0.05) is 4.88 Å². The molecule has 0 N–H and O–H groups in total. The molecule has 6 nitrogen and oxygen atoms in total. The topological polar surface area (TPSA) is 72.6 Å². The van der Waals surface area contributed by atoms with E-state index in [0.717, 1.165) is 40.1 Å². The van der Waals surface area contributed by atoms with Crippen molar-refractivity contribution >= 4 is 33.3 Å². The van der Waals surface area contributed by atoms with E-state index in [1.54, 1.807) is 4.90 Å². The molecule has 0 aliphatic carbocycles. The molecule has 0 saturated carbocycles. The highest BCUT2D eigenvalue weighted by atomic mass is 32.1. The molecule has 0 fully saturated rings. The number of hydrogen-bond acceptors (Lipinski definition) is 6. The summed E-state index contributed by atoms with van der Waals surface area (Å²) in [6.45, 7) is 10.6. The largest absolute Gasteiger partial charge is 0.494 e. The molecule has 0 spiro atoms. The lowest BCUT2D eigenvalue weighted by molar-refractivity contribution is 0.0971. The normalized spacial score (nSPS) is 15.2. The molecule has 7 heteroatoms. The predicted molar refractivity (Wildman–Crippen MR) is 139 cm³/mol. The monoisotopic (exact) mass is 488 g/mol. The minimum atomic E-state index is -0.653. The molecule has 2 aromatic heterocycles. The van der Waals surface area contributed by atoms with E-state index in [-0.39, 0.29) is 17.1 Å². The first-order chi connectivity index (χ1) is 16.8. The zero-order valence-electron chi connectivity index (χ0n) is 20.6. The van der Waals surface area contributed by atoms with Gasteiger partial charge in [-0.05, 0) is 75.1 Å². The van der Waals surface area contributed by atoms with Crippen LogP contribution in [0.5, 0.6) is 5.75 Å². The average molecular weight is 489 g/mol. The van der Waals surface area contributed by atoms with Gasteiger partial charge in [0.1, 0.15) is 11.3 Å². The molecule has 0 saturated heterocycles. The number of carbonyl (C=O) groups excluding carboxylic acids is 1. The molecule has 5 rings (SSSR count). The lowest BCUT2D eigenvalue weighted by atomic mass is 9.97. The number of anilines is 1. The molecule has 35 heavy (non-hydrogen) atoms. The predicted octanol–water partition coefficient (Wildman–Crippen LogP) is 6.41. The summed E-state index contributed by atoms with van der Waals surface area (Å²) < 4.78 is 12.1. The van der Waals surface area contributed by atoms with Crippen LogP contribution in [0.4, 0.5) is 5.13 Å². The Bertz CT molecular complexity index is 1500. The van der Waals surface area contributed by atoms with Crippen molar-refractivity contribution in [1.29, 1.82) is 0 Å². The van der Waals surface area contributed by atoms with Crippen LogP contribution >= 0.6 is 11.3 Å². The first kappa shape index (κ1) is 23.3. The molecule has 3 heterocycles. The summed E-state index contributed by atoms with van der Waals surface area (Å²) in [5, 5.41) is 1.03. The van der Waals surface area contributed by atoms with E-state index in [2.05, 4.69) is 11.9 Å². The number of hydrogen-bond donors (Lipinski definition) is 0. The fourth-order valence-corrected chi connectivity index (χ4v) is 5.34. The second-order valence-electron chi connectivity index (χ2n) is 9.10. The molecular weight excluding hydrogens is 460 g/mol. The van der Waals surface area contributed by atoms with Crippen molar-refractivity contribution in [2.75, 3.05) is 11.5 Å². The maximum atomic E-state index is 13.9. The zero-order valence-corrected chi connectivity index (χ0v) is 21.4. The molecule has 1 aliphatic heterocycles. The lowest BCUT2D eigenvalue weighted by Crippen LogP contribution is -2.29. The maximum Gasteiger partial charge on any atom is 0.297 e. The summed E-state index contributed by atoms with van der Waals surface area (Å²) >= 11 is 1.44. The third-order valence-electron chi connectivity index (χ3n) is 6.65. The van der Waals surface area contributed by atoms with Crippen molar-refractivity contribution in [2.24, 2.45) is 0 Å². The van der Waals surface area contributed by atoms with Gasteiger partial charge in [-0.1, -0.05) is 25.5 Å². The highest BCUT2D eigenvalue weighted by Gasteiger charge is 2.45. The number of nitrogens with zero attached hydrogens (tertiary/aromatic N) is 2. The van der Waals surface area contributed by atoms with Crippen LogP contribution in [0.15, 0.2) is 45.6 Å². The Morgan fingerprint density at radius 3 is 2.57 bits per heavy atom. The average Bonchev–Trinajstić information content (AvgIpc) is 3.31. The number of rotatable bonds is 6. The molecule has 2 aromatic carbocycles. The lowest BCUT2D eigenvalue weighted by Gasteiger charge is -2.23. The summed E-state index contributed by atoms with van der Waals surface area (Å²) in [7, 11) is 0. The van der Waals surface area contributed by atoms with Crippen LogP contribution in [0.2, 0.25) is 0 Å². The van der Waals surface area contributed by atoms with Crippen LogP contribution in [0, 0.1) is 27.7 Å². The van der Waals surface area contributed by atoms with E-state index in [4.69, 9.17) is 9.15 Å². The van der Waals surface area contributed by atoms with Crippen molar-refractivity contribution in [3.8, 4) is 5.75 Å². The molecule has 180 valence electrons. The number of benzene rings is 2. The quantitative estimate of drug-likeness (QED) is 0.293. The summed E-state index contributed by atoms with van der Waals surface area (Å²) in [4.78, 5) is 34.9. The first-order valence-electron chi connectivity index (χ1n) is 11.9. The van der Waals surface area contributed by atoms with Gasteiger partial charge in [-0.3, -0.25) is 14.5 Å². The van der Waals surface area contributed by atoms with Crippen molar-refractivity contribution in [3.05, 3.63) is 85.2 Å². The number of fused-ring (bicyclic) bond motifs is 2. The Morgan fingerprint density at radius 1 is 1.09 bits per heavy atom. The van der Waals surface area contributed by atoms with Crippen LogP contribution < -0.4 is 15.1 Å². The molecule has 1 unspecified atom stereocenters. The molecule has 1 atom stereocenters. The smallest absolute Gasteiger partial charge is 0.297 e. The van der Waals surface area contributed by atoms with Crippen LogP contribution in [0.25, 0.3) is 11.0 Å². The number of aromatic nitrogens is 1. The Kier molecular flexibility index (Phi) is 5.97. The van der Waals surface area contributed by atoms with E-state index in [0.29, 0.717) is 34.0 Å². The Balaban J connectivity index is 1.73. The van der Waals surface area contributed by atoms with Gasteiger partial charge in [0.2, 0.25) is 5.76 Å². The Labute approximate surface area is 208 Å². The van der Waals surface area contributed by atoms with Crippen molar-refractivity contribution in [2.45, 2.75) is 53.5 Å².